The lowest BCUT2D eigenvalue weighted by atomic mass is 10.2. The highest BCUT2D eigenvalue weighted by molar-refractivity contribution is 7.99. The number of pyridine rings is 1. The Balaban J connectivity index is 2.00. The summed E-state index contributed by atoms with van der Waals surface area (Å²) in [5.74, 6) is 0. The van der Waals surface area contributed by atoms with Crippen LogP contribution in [0.15, 0.2) is 34.4 Å². The average molecular weight is 276 g/mol. The van der Waals surface area contributed by atoms with E-state index in [1.54, 1.807) is 11.8 Å². The second-order valence-electron chi connectivity index (χ2n) is 4.89. The van der Waals surface area contributed by atoms with Gasteiger partial charge in [0.1, 0.15) is 10.1 Å². The highest BCUT2D eigenvalue weighted by atomic mass is 32.2. The molecule has 2 aromatic heterocycles. The molecule has 0 fully saturated rings. The highest BCUT2D eigenvalue weighted by Crippen LogP contribution is 2.25. The molecule has 0 radical (unpaired) electrons. The van der Waals surface area contributed by atoms with E-state index in [1.807, 2.05) is 24.9 Å². The van der Waals surface area contributed by atoms with Crippen molar-refractivity contribution in [1.29, 1.82) is 0 Å². The lowest BCUT2D eigenvalue weighted by Gasteiger charge is -2.08. The minimum Gasteiger partial charge on any atom is -0.310 e. The number of rotatable bonds is 5. The topological polar surface area (TPSA) is 42.7 Å². The average Bonchev–Trinajstić information content (AvgIpc) is 2.67. The number of nitrogens with one attached hydrogen (secondary N) is 1. The van der Waals surface area contributed by atoms with Crippen LogP contribution in [0.25, 0.3) is 0 Å². The van der Waals surface area contributed by atoms with Crippen molar-refractivity contribution in [3.63, 3.8) is 0 Å². The van der Waals surface area contributed by atoms with Gasteiger partial charge in [-0.2, -0.15) is 5.10 Å². The second-order valence-corrected chi connectivity index (χ2v) is 5.93. The zero-order valence-electron chi connectivity index (χ0n) is 11.8. The van der Waals surface area contributed by atoms with Crippen molar-refractivity contribution >= 4 is 11.8 Å². The third kappa shape index (κ3) is 4.08. The molecular formula is C14H20N4S. The molecule has 1 N–H and O–H groups in total. The van der Waals surface area contributed by atoms with Gasteiger partial charge in [-0.05, 0) is 24.6 Å². The summed E-state index contributed by atoms with van der Waals surface area (Å²) in [6.07, 6.45) is 1.93. The van der Waals surface area contributed by atoms with Crippen LogP contribution >= 0.6 is 11.8 Å². The third-order valence-electron chi connectivity index (χ3n) is 2.68. The smallest absolute Gasteiger partial charge is 0.102 e. The quantitative estimate of drug-likeness (QED) is 0.912. The molecule has 0 aliphatic carbocycles. The summed E-state index contributed by atoms with van der Waals surface area (Å²) in [6.45, 7) is 7.14. The first-order valence-electron chi connectivity index (χ1n) is 6.41. The second kappa shape index (κ2) is 6.21. The monoisotopic (exact) mass is 276 g/mol. The van der Waals surface area contributed by atoms with Crippen LogP contribution in [0.4, 0.5) is 0 Å². The van der Waals surface area contributed by atoms with Gasteiger partial charge in [0, 0.05) is 25.8 Å². The normalized spacial score (nSPS) is 11.2. The van der Waals surface area contributed by atoms with E-state index in [0.717, 1.165) is 22.3 Å². The maximum Gasteiger partial charge on any atom is 0.102 e. The maximum absolute atomic E-state index is 4.48. The number of nitrogens with zero attached hydrogens (tertiary/aromatic N) is 3. The number of aryl methyl sites for hydroxylation is 2. The number of hydrogen-bond acceptors (Lipinski definition) is 4. The van der Waals surface area contributed by atoms with E-state index in [2.05, 4.69) is 47.4 Å². The van der Waals surface area contributed by atoms with Crippen molar-refractivity contribution in [2.45, 2.75) is 43.4 Å². The van der Waals surface area contributed by atoms with Crippen molar-refractivity contribution in [2.24, 2.45) is 7.05 Å². The fraction of sp³-hybridized carbons (Fsp3) is 0.429. The van der Waals surface area contributed by atoms with E-state index in [1.165, 1.54) is 5.56 Å². The van der Waals surface area contributed by atoms with Crippen LogP contribution in [0.1, 0.15) is 25.1 Å². The van der Waals surface area contributed by atoms with E-state index >= 15 is 0 Å². The van der Waals surface area contributed by atoms with Gasteiger partial charge in [-0.3, -0.25) is 4.68 Å². The molecule has 5 heteroatoms. The fourth-order valence-electron chi connectivity index (χ4n) is 1.69. The minimum atomic E-state index is 0.492. The predicted molar refractivity (Wildman–Crippen MR) is 78.3 cm³/mol. The van der Waals surface area contributed by atoms with Gasteiger partial charge in [0.25, 0.3) is 0 Å². The van der Waals surface area contributed by atoms with Crippen LogP contribution in [-0.2, 0) is 13.6 Å². The van der Waals surface area contributed by atoms with Crippen LogP contribution in [0.3, 0.4) is 0 Å². The van der Waals surface area contributed by atoms with Gasteiger partial charge < -0.3 is 5.32 Å². The van der Waals surface area contributed by atoms with E-state index in [-0.39, 0.29) is 0 Å². The molecule has 2 rings (SSSR count). The number of hydrogen-bond donors (Lipinski definition) is 1. The summed E-state index contributed by atoms with van der Waals surface area (Å²) in [4.78, 5) is 4.48. The largest absolute Gasteiger partial charge is 0.310 e. The molecule has 0 aliphatic heterocycles. The maximum atomic E-state index is 4.48. The summed E-state index contributed by atoms with van der Waals surface area (Å²) < 4.78 is 1.88. The summed E-state index contributed by atoms with van der Waals surface area (Å²) in [5.41, 5.74) is 2.24. The van der Waals surface area contributed by atoms with E-state index in [4.69, 9.17) is 0 Å². The summed E-state index contributed by atoms with van der Waals surface area (Å²) in [7, 11) is 1.95. The van der Waals surface area contributed by atoms with Crippen LogP contribution in [0.5, 0.6) is 0 Å². The summed E-state index contributed by atoms with van der Waals surface area (Å²) in [6, 6.07) is 6.74. The fourth-order valence-corrected chi connectivity index (χ4v) is 2.55. The number of aromatic nitrogens is 3. The Hall–Kier alpha value is -1.33. The summed E-state index contributed by atoms with van der Waals surface area (Å²) >= 11 is 1.64. The van der Waals surface area contributed by atoms with Gasteiger partial charge >= 0.3 is 0 Å². The Bertz CT molecular complexity index is 531. The minimum absolute atomic E-state index is 0.492. The molecule has 19 heavy (non-hydrogen) atoms. The third-order valence-corrected chi connectivity index (χ3v) is 3.72. The molecule has 0 saturated carbocycles. The van der Waals surface area contributed by atoms with Gasteiger partial charge in [0.15, 0.2) is 0 Å². The molecule has 0 aromatic carbocycles. The molecule has 0 spiro atoms. The van der Waals surface area contributed by atoms with Crippen molar-refractivity contribution in [1.82, 2.24) is 20.1 Å². The van der Waals surface area contributed by atoms with Crippen LogP contribution < -0.4 is 5.32 Å². The molecule has 0 amide bonds. The first-order chi connectivity index (χ1) is 9.04. The van der Waals surface area contributed by atoms with Gasteiger partial charge in [-0.25, -0.2) is 4.98 Å². The van der Waals surface area contributed by atoms with Crippen molar-refractivity contribution in [3.05, 3.63) is 35.7 Å². The van der Waals surface area contributed by atoms with Gasteiger partial charge in [-0.1, -0.05) is 31.7 Å². The zero-order chi connectivity index (χ0) is 13.8. The first-order valence-corrected chi connectivity index (χ1v) is 7.23. The molecular weight excluding hydrogens is 256 g/mol. The van der Waals surface area contributed by atoms with E-state index in [0.29, 0.717) is 6.04 Å². The molecule has 0 aliphatic rings. The SMILES string of the molecule is Cc1cc(Sc2ccc(CNC(C)C)cn2)n(C)n1. The molecule has 0 unspecified atom stereocenters. The molecule has 0 bridgehead atoms. The first kappa shape index (κ1) is 14.1. The molecule has 2 aromatic rings. The Morgan fingerprint density at radius 2 is 2.16 bits per heavy atom. The molecule has 2 heterocycles. The predicted octanol–water partition coefficient (Wildman–Crippen LogP) is 2.77. The summed E-state index contributed by atoms with van der Waals surface area (Å²) in [5, 5.41) is 9.82. The Morgan fingerprint density at radius 3 is 2.68 bits per heavy atom. The molecule has 0 atom stereocenters. The molecule has 102 valence electrons. The Labute approximate surface area is 118 Å². The van der Waals surface area contributed by atoms with Crippen molar-refractivity contribution in [3.8, 4) is 0 Å². The highest BCUT2D eigenvalue weighted by Gasteiger charge is 2.05. The standard InChI is InChI=1S/C14H20N4S/c1-10(2)15-8-12-5-6-13(16-9-12)19-14-7-11(3)17-18(14)4/h5-7,9-10,15H,8H2,1-4H3. The van der Waals surface area contributed by atoms with E-state index < -0.39 is 0 Å². The molecule has 4 nitrogen and oxygen atoms in total. The van der Waals surface area contributed by atoms with Crippen LogP contribution in [-0.4, -0.2) is 20.8 Å². The van der Waals surface area contributed by atoms with Gasteiger partial charge in [-0.15, -0.1) is 0 Å². The van der Waals surface area contributed by atoms with E-state index in [9.17, 15) is 0 Å². The van der Waals surface area contributed by atoms with Gasteiger partial charge in [0.2, 0.25) is 0 Å². The van der Waals surface area contributed by atoms with Crippen molar-refractivity contribution in [2.75, 3.05) is 0 Å². The van der Waals surface area contributed by atoms with Crippen molar-refractivity contribution < 1.29 is 0 Å². The molecule has 0 saturated heterocycles. The van der Waals surface area contributed by atoms with Gasteiger partial charge in [0.05, 0.1) is 5.69 Å². The lowest BCUT2D eigenvalue weighted by molar-refractivity contribution is 0.587. The van der Waals surface area contributed by atoms with Crippen LogP contribution in [0.2, 0.25) is 0 Å². The van der Waals surface area contributed by atoms with Crippen LogP contribution in [0, 0.1) is 6.92 Å². The Kier molecular flexibility index (Phi) is 4.61. The zero-order valence-corrected chi connectivity index (χ0v) is 12.7. The Morgan fingerprint density at radius 1 is 1.37 bits per heavy atom. The lowest BCUT2D eigenvalue weighted by Crippen LogP contribution is -2.21.